The van der Waals surface area contributed by atoms with Crippen molar-refractivity contribution >= 4 is 11.6 Å². The number of carbonyl (C=O) groups is 1. The lowest BCUT2D eigenvalue weighted by molar-refractivity contribution is 0.0687. The summed E-state index contributed by atoms with van der Waals surface area (Å²) in [6.45, 7) is 1.98. The van der Waals surface area contributed by atoms with Gasteiger partial charge in [0.05, 0.1) is 5.56 Å². The Morgan fingerprint density at radius 3 is 2.32 bits per heavy atom. The molecular weight excluding hydrogens is 388 g/mol. The minimum atomic E-state index is -0.121. The average molecular weight is 417 g/mol. The van der Waals surface area contributed by atoms with Crippen molar-refractivity contribution in [1.29, 1.82) is 0 Å². The van der Waals surface area contributed by atoms with Crippen molar-refractivity contribution in [2.24, 2.45) is 5.92 Å². The Morgan fingerprint density at radius 1 is 0.903 bits per heavy atom. The summed E-state index contributed by atoms with van der Waals surface area (Å²) in [7, 11) is 0. The third-order valence-corrected chi connectivity index (χ3v) is 5.93. The van der Waals surface area contributed by atoms with Gasteiger partial charge in [0.1, 0.15) is 11.5 Å². The van der Waals surface area contributed by atoms with Gasteiger partial charge >= 0.3 is 0 Å². The summed E-state index contributed by atoms with van der Waals surface area (Å²) < 4.78 is 0. The predicted molar refractivity (Wildman–Crippen MR) is 122 cm³/mol. The highest BCUT2D eigenvalue weighted by Crippen LogP contribution is 2.27. The summed E-state index contributed by atoms with van der Waals surface area (Å²) >= 11 is 0. The van der Waals surface area contributed by atoms with Crippen LogP contribution in [-0.2, 0) is 13.0 Å². The van der Waals surface area contributed by atoms with Gasteiger partial charge in [-0.15, -0.1) is 0 Å². The SMILES string of the molecule is O=C(c1cc(NCc2ccc(O)cc2)ccc1O)N1CCC(Cc2ccccc2)CC1. The summed E-state index contributed by atoms with van der Waals surface area (Å²) in [4.78, 5) is 14.9. The molecule has 1 aliphatic rings. The third kappa shape index (κ3) is 5.37. The number of carbonyl (C=O) groups excluding carboxylic acids is 1. The molecule has 1 saturated heterocycles. The zero-order valence-electron chi connectivity index (χ0n) is 17.5. The molecule has 160 valence electrons. The van der Waals surface area contributed by atoms with Crippen molar-refractivity contribution in [3.63, 3.8) is 0 Å². The van der Waals surface area contributed by atoms with Gasteiger partial charge in [-0.25, -0.2) is 0 Å². The summed E-state index contributed by atoms with van der Waals surface area (Å²) in [5.41, 5.74) is 3.46. The normalized spacial score (nSPS) is 14.4. The standard InChI is InChI=1S/C26H28N2O3/c29-23-9-6-21(7-10-23)18-27-22-8-11-25(30)24(17-22)26(31)28-14-12-20(13-15-28)16-19-4-2-1-3-5-19/h1-11,17,20,27,29-30H,12-16,18H2. The molecule has 0 radical (unpaired) electrons. The van der Waals surface area contributed by atoms with Crippen LogP contribution in [0.4, 0.5) is 5.69 Å². The first kappa shape index (κ1) is 20.8. The van der Waals surface area contributed by atoms with Gasteiger partial charge < -0.3 is 20.4 Å². The van der Waals surface area contributed by atoms with Crippen LogP contribution in [0.15, 0.2) is 72.8 Å². The van der Waals surface area contributed by atoms with Crippen LogP contribution in [0.3, 0.4) is 0 Å². The Bertz CT molecular complexity index is 1010. The lowest BCUT2D eigenvalue weighted by Gasteiger charge is -2.32. The van der Waals surface area contributed by atoms with Crippen LogP contribution in [0.5, 0.6) is 11.5 Å². The molecule has 0 aliphatic carbocycles. The third-order valence-electron chi connectivity index (χ3n) is 5.93. The molecule has 1 amide bonds. The molecule has 0 spiro atoms. The summed E-state index contributed by atoms with van der Waals surface area (Å²) in [5, 5.41) is 23.0. The van der Waals surface area contributed by atoms with Gasteiger partial charge in [-0.05, 0) is 66.6 Å². The minimum absolute atomic E-state index is 0.00610. The molecule has 3 N–H and O–H groups in total. The highest BCUT2D eigenvalue weighted by atomic mass is 16.3. The molecule has 0 bridgehead atoms. The first-order valence-corrected chi connectivity index (χ1v) is 10.8. The van der Waals surface area contributed by atoms with E-state index in [-0.39, 0.29) is 17.4 Å². The number of piperidine rings is 1. The molecule has 31 heavy (non-hydrogen) atoms. The Morgan fingerprint density at radius 2 is 1.61 bits per heavy atom. The number of hydrogen-bond acceptors (Lipinski definition) is 4. The van der Waals surface area contributed by atoms with Crippen molar-refractivity contribution in [1.82, 2.24) is 4.90 Å². The highest BCUT2D eigenvalue weighted by Gasteiger charge is 2.25. The lowest BCUT2D eigenvalue weighted by Crippen LogP contribution is -2.39. The largest absolute Gasteiger partial charge is 0.508 e. The zero-order valence-corrected chi connectivity index (χ0v) is 17.5. The fourth-order valence-corrected chi connectivity index (χ4v) is 4.09. The smallest absolute Gasteiger partial charge is 0.257 e. The molecule has 5 heteroatoms. The summed E-state index contributed by atoms with van der Waals surface area (Å²) in [6.07, 6.45) is 2.99. The number of hydrogen-bond donors (Lipinski definition) is 3. The number of nitrogens with zero attached hydrogens (tertiary/aromatic N) is 1. The van der Waals surface area contributed by atoms with Crippen LogP contribution >= 0.6 is 0 Å². The zero-order chi connectivity index (χ0) is 21.6. The quantitative estimate of drug-likeness (QED) is 0.505. The maximum absolute atomic E-state index is 13.1. The Kier molecular flexibility index (Phi) is 6.41. The number of anilines is 1. The van der Waals surface area contributed by atoms with E-state index in [1.165, 1.54) is 5.56 Å². The van der Waals surface area contributed by atoms with E-state index in [0.29, 0.717) is 31.1 Å². The van der Waals surface area contributed by atoms with E-state index in [9.17, 15) is 15.0 Å². The van der Waals surface area contributed by atoms with Crippen molar-refractivity contribution in [2.45, 2.75) is 25.8 Å². The molecule has 1 heterocycles. The number of likely N-dealkylation sites (tertiary alicyclic amines) is 1. The first-order valence-electron chi connectivity index (χ1n) is 10.8. The minimum Gasteiger partial charge on any atom is -0.508 e. The number of amides is 1. The van der Waals surface area contributed by atoms with Crippen LogP contribution in [-0.4, -0.2) is 34.1 Å². The van der Waals surface area contributed by atoms with Gasteiger partial charge in [-0.2, -0.15) is 0 Å². The topological polar surface area (TPSA) is 72.8 Å². The molecule has 1 fully saturated rings. The maximum Gasteiger partial charge on any atom is 0.257 e. The molecule has 3 aromatic carbocycles. The number of phenols is 2. The number of aromatic hydroxyl groups is 2. The van der Waals surface area contributed by atoms with Crippen molar-refractivity contribution in [3.8, 4) is 11.5 Å². The second-order valence-corrected chi connectivity index (χ2v) is 8.18. The van der Waals surface area contributed by atoms with E-state index in [0.717, 1.165) is 30.5 Å². The van der Waals surface area contributed by atoms with Crippen LogP contribution in [0, 0.1) is 5.92 Å². The van der Waals surface area contributed by atoms with Crippen molar-refractivity contribution in [3.05, 3.63) is 89.5 Å². The van der Waals surface area contributed by atoms with Crippen LogP contribution < -0.4 is 5.32 Å². The molecule has 3 aromatic rings. The lowest BCUT2D eigenvalue weighted by atomic mass is 9.90. The van der Waals surface area contributed by atoms with Gasteiger partial charge in [0.25, 0.3) is 5.91 Å². The van der Waals surface area contributed by atoms with Crippen LogP contribution in [0.2, 0.25) is 0 Å². The number of benzene rings is 3. The summed E-state index contributed by atoms with van der Waals surface area (Å²) in [6, 6.07) is 22.5. The summed E-state index contributed by atoms with van der Waals surface area (Å²) in [5.74, 6) is 0.697. The molecule has 0 unspecified atom stereocenters. The number of nitrogens with one attached hydrogen (secondary N) is 1. The molecular formula is C26H28N2O3. The van der Waals surface area contributed by atoms with Gasteiger partial charge in [0, 0.05) is 25.3 Å². The molecule has 4 rings (SSSR count). The highest BCUT2D eigenvalue weighted by molar-refractivity contribution is 5.97. The Labute approximate surface area is 183 Å². The van der Waals surface area contributed by atoms with E-state index in [1.54, 1.807) is 30.3 Å². The number of phenolic OH excluding ortho intramolecular Hbond substituents is 2. The van der Waals surface area contributed by atoms with E-state index in [1.807, 2.05) is 23.1 Å². The van der Waals surface area contributed by atoms with Crippen LogP contribution in [0.1, 0.15) is 34.3 Å². The second-order valence-electron chi connectivity index (χ2n) is 8.18. The van der Waals surface area contributed by atoms with Gasteiger partial charge in [-0.1, -0.05) is 42.5 Å². The fraction of sp³-hybridized carbons (Fsp3) is 0.269. The van der Waals surface area contributed by atoms with E-state index < -0.39 is 0 Å². The second kappa shape index (κ2) is 9.56. The molecule has 0 atom stereocenters. The van der Waals surface area contributed by atoms with Crippen molar-refractivity contribution < 1.29 is 15.0 Å². The van der Waals surface area contributed by atoms with E-state index in [4.69, 9.17) is 0 Å². The van der Waals surface area contributed by atoms with Crippen molar-refractivity contribution in [2.75, 3.05) is 18.4 Å². The molecule has 0 aromatic heterocycles. The van der Waals surface area contributed by atoms with E-state index >= 15 is 0 Å². The van der Waals surface area contributed by atoms with Gasteiger partial charge in [0.2, 0.25) is 0 Å². The predicted octanol–water partition coefficient (Wildman–Crippen LogP) is 4.80. The van der Waals surface area contributed by atoms with Gasteiger partial charge in [-0.3, -0.25) is 4.79 Å². The van der Waals surface area contributed by atoms with Crippen LogP contribution in [0.25, 0.3) is 0 Å². The molecule has 0 saturated carbocycles. The van der Waals surface area contributed by atoms with E-state index in [2.05, 4.69) is 29.6 Å². The van der Waals surface area contributed by atoms with Gasteiger partial charge in [0.15, 0.2) is 0 Å². The monoisotopic (exact) mass is 416 g/mol. The average Bonchev–Trinajstić information content (AvgIpc) is 2.80. The molecule has 5 nitrogen and oxygen atoms in total. The maximum atomic E-state index is 13.1. The first-order chi connectivity index (χ1) is 15.1. The number of rotatable bonds is 6. The Hall–Kier alpha value is -3.47. The molecule has 1 aliphatic heterocycles. The fourth-order valence-electron chi connectivity index (χ4n) is 4.09. The Balaban J connectivity index is 1.35.